The van der Waals surface area contributed by atoms with Crippen LogP contribution in [-0.4, -0.2) is 35.1 Å². The Morgan fingerprint density at radius 1 is 0.971 bits per heavy atom. The SMILES string of the molecule is CC(C)(C)c1cccc(NC(=O)c2ccc(C3CCN(c4ccc(C(=O)O)cn4)CC3)cc2)c1. The monoisotopic (exact) mass is 457 g/mol. The summed E-state index contributed by atoms with van der Waals surface area (Å²) in [6.07, 6.45) is 3.37. The van der Waals surface area contributed by atoms with Crippen LogP contribution in [0.1, 0.15) is 71.4 Å². The first-order valence-electron chi connectivity index (χ1n) is 11.7. The van der Waals surface area contributed by atoms with Crippen molar-refractivity contribution in [1.29, 1.82) is 0 Å². The van der Waals surface area contributed by atoms with Gasteiger partial charge in [0.1, 0.15) is 5.82 Å². The van der Waals surface area contributed by atoms with Gasteiger partial charge in [-0.05, 0) is 71.7 Å². The van der Waals surface area contributed by atoms with Gasteiger partial charge < -0.3 is 15.3 Å². The van der Waals surface area contributed by atoms with Crippen LogP contribution in [0.25, 0.3) is 0 Å². The van der Waals surface area contributed by atoms with E-state index in [1.807, 2.05) is 30.3 Å². The summed E-state index contributed by atoms with van der Waals surface area (Å²) >= 11 is 0. The molecule has 2 aromatic carbocycles. The number of nitrogens with zero attached hydrogens (tertiary/aromatic N) is 2. The van der Waals surface area contributed by atoms with Crippen LogP contribution in [0.2, 0.25) is 0 Å². The van der Waals surface area contributed by atoms with E-state index in [1.165, 1.54) is 17.3 Å². The van der Waals surface area contributed by atoms with E-state index < -0.39 is 5.97 Å². The fourth-order valence-electron chi connectivity index (χ4n) is 4.31. The molecule has 1 saturated heterocycles. The van der Waals surface area contributed by atoms with Crippen molar-refractivity contribution in [3.63, 3.8) is 0 Å². The lowest BCUT2D eigenvalue weighted by atomic mass is 9.87. The van der Waals surface area contributed by atoms with Crippen LogP contribution in [0.4, 0.5) is 11.5 Å². The zero-order chi connectivity index (χ0) is 24.3. The molecule has 6 nitrogen and oxygen atoms in total. The van der Waals surface area contributed by atoms with Gasteiger partial charge in [0.25, 0.3) is 5.91 Å². The number of hydrogen-bond acceptors (Lipinski definition) is 4. The first-order chi connectivity index (χ1) is 16.2. The minimum atomic E-state index is -0.965. The quantitative estimate of drug-likeness (QED) is 0.512. The molecule has 1 fully saturated rings. The molecule has 176 valence electrons. The molecule has 0 unspecified atom stereocenters. The summed E-state index contributed by atoms with van der Waals surface area (Å²) in [7, 11) is 0. The zero-order valence-electron chi connectivity index (χ0n) is 19.9. The average molecular weight is 458 g/mol. The van der Waals surface area contributed by atoms with Crippen LogP contribution in [-0.2, 0) is 5.41 Å². The second-order valence-electron chi connectivity index (χ2n) is 9.88. The number of carboxylic acids is 1. The Hall–Kier alpha value is -3.67. The maximum atomic E-state index is 12.8. The van der Waals surface area contributed by atoms with Gasteiger partial charge in [-0.3, -0.25) is 4.79 Å². The van der Waals surface area contributed by atoms with E-state index in [0.717, 1.165) is 37.4 Å². The molecule has 0 saturated carbocycles. The molecule has 1 aliphatic rings. The number of piperidine rings is 1. The van der Waals surface area contributed by atoms with Crippen molar-refractivity contribution in [2.75, 3.05) is 23.3 Å². The number of rotatable bonds is 5. The summed E-state index contributed by atoms with van der Waals surface area (Å²) in [6.45, 7) is 8.18. The van der Waals surface area contributed by atoms with Crippen molar-refractivity contribution in [2.45, 2.75) is 44.9 Å². The number of carbonyl (C=O) groups is 2. The van der Waals surface area contributed by atoms with Crippen molar-refractivity contribution in [2.24, 2.45) is 0 Å². The number of hydrogen-bond donors (Lipinski definition) is 2. The van der Waals surface area contributed by atoms with Gasteiger partial charge in [-0.25, -0.2) is 9.78 Å². The van der Waals surface area contributed by atoms with Gasteiger partial charge in [0, 0.05) is 30.5 Å². The molecular formula is C28H31N3O3. The molecule has 34 heavy (non-hydrogen) atoms. The number of amides is 1. The molecule has 0 atom stereocenters. The third-order valence-corrected chi connectivity index (χ3v) is 6.44. The van der Waals surface area contributed by atoms with Gasteiger partial charge in [-0.2, -0.15) is 0 Å². The third-order valence-electron chi connectivity index (χ3n) is 6.44. The van der Waals surface area contributed by atoms with Gasteiger partial charge in [-0.15, -0.1) is 0 Å². The Bertz CT molecular complexity index is 1160. The predicted molar refractivity (Wildman–Crippen MR) is 135 cm³/mol. The van der Waals surface area contributed by atoms with Gasteiger partial charge >= 0.3 is 5.97 Å². The molecule has 0 bridgehead atoms. The molecular weight excluding hydrogens is 426 g/mol. The number of carboxylic acid groups (broad SMARTS) is 1. The Balaban J connectivity index is 1.35. The Morgan fingerprint density at radius 3 is 2.24 bits per heavy atom. The lowest BCUT2D eigenvalue weighted by molar-refractivity contribution is 0.0696. The maximum absolute atomic E-state index is 12.8. The fourth-order valence-corrected chi connectivity index (χ4v) is 4.31. The van der Waals surface area contributed by atoms with Crippen LogP contribution >= 0.6 is 0 Å². The van der Waals surface area contributed by atoms with E-state index in [0.29, 0.717) is 11.5 Å². The highest BCUT2D eigenvalue weighted by Crippen LogP contribution is 2.30. The summed E-state index contributed by atoms with van der Waals surface area (Å²) in [5, 5.41) is 12.1. The molecule has 2 N–H and O–H groups in total. The molecule has 3 aromatic rings. The first kappa shape index (κ1) is 23.5. The summed E-state index contributed by atoms with van der Waals surface area (Å²) in [4.78, 5) is 30.3. The van der Waals surface area contributed by atoms with Crippen molar-refractivity contribution < 1.29 is 14.7 Å². The Labute approximate surface area is 200 Å². The highest BCUT2D eigenvalue weighted by molar-refractivity contribution is 6.04. The normalized spacial score (nSPS) is 14.6. The van der Waals surface area contributed by atoms with Crippen molar-refractivity contribution in [1.82, 2.24) is 4.98 Å². The molecule has 0 aliphatic carbocycles. The average Bonchev–Trinajstić information content (AvgIpc) is 2.84. The van der Waals surface area contributed by atoms with E-state index in [-0.39, 0.29) is 16.9 Å². The Kier molecular flexibility index (Phi) is 6.68. The van der Waals surface area contributed by atoms with Crippen LogP contribution < -0.4 is 10.2 Å². The largest absolute Gasteiger partial charge is 0.478 e. The van der Waals surface area contributed by atoms with Crippen LogP contribution in [0.5, 0.6) is 0 Å². The predicted octanol–water partition coefficient (Wildman–Crippen LogP) is 5.71. The summed E-state index contributed by atoms with van der Waals surface area (Å²) in [5.41, 5.74) is 4.09. The fraction of sp³-hybridized carbons (Fsp3) is 0.321. The summed E-state index contributed by atoms with van der Waals surface area (Å²) in [6, 6.07) is 19.3. The van der Waals surface area contributed by atoms with Gasteiger partial charge in [0.05, 0.1) is 5.56 Å². The van der Waals surface area contributed by atoms with Crippen molar-refractivity contribution >= 4 is 23.4 Å². The highest BCUT2D eigenvalue weighted by Gasteiger charge is 2.22. The minimum absolute atomic E-state index is 0.0238. The second kappa shape index (κ2) is 9.67. The van der Waals surface area contributed by atoms with E-state index >= 15 is 0 Å². The number of benzene rings is 2. The van der Waals surface area contributed by atoms with E-state index in [4.69, 9.17) is 5.11 Å². The lowest BCUT2D eigenvalue weighted by Crippen LogP contribution is -2.33. The van der Waals surface area contributed by atoms with Crippen LogP contribution in [0.3, 0.4) is 0 Å². The number of nitrogens with one attached hydrogen (secondary N) is 1. The number of pyridine rings is 1. The van der Waals surface area contributed by atoms with Gasteiger partial charge in [0.2, 0.25) is 0 Å². The van der Waals surface area contributed by atoms with E-state index in [1.54, 1.807) is 12.1 Å². The zero-order valence-corrected chi connectivity index (χ0v) is 19.9. The number of aromatic nitrogens is 1. The van der Waals surface area contributed by atoms with Crippen LogP contribution in [0.15, 0.2) is 66.9 Å². The van der Waals surface area contributed by atoms with E-state index in [2.05, 4.69) is 54.2 Å². The minimum Gasteiger partial charge on any atom is -0.478 e. The maximum Gasteiger partial charge on any atom is 0.337 e. The standard InChI is InChI=1S/C28H31N3O3/c1-28(2,3)23-5-4-6-24(17-23)30-26(32)21-9-7-19(8-10-21)20-13-15-31(16-14-20)25-12-11-22(18-29-25)27(33)34/h4-12,17-18,20H,13-16H2,1-3H3,(H,30,32)(H,33,34). The van der Waals surface area contributed by atoms with Crippen LogP contribution in [0, 0.1) is 0 Å². The third kappa shape index (κ3) is 5.45. The van der Waals surface area contributed by atoms with Crippen molar-refractivity contribution in [3.8, 4) is 0 Å². The first-order valence-corrected chi connectivity index (χ1v) is 11.7. The molecule has 4 rings (SSSR count). The molecule has 1 amide bonds. The van der Waals surface area contributed by atoms with E-state index in [9.17, 15) is 9.59 Å². The summed E-state index contributed by atoms with van der Waals surface area (Å²) in [5.74, 6) is 0.165. The number of carbonyl (C=O) groups excluding carboxylic acids is 1. The molecule has 6 heteroatoms. The van der Waals surface area contributed by atoms with Crippen molar-refractivity contribution in [3.05, 3.63) is 89.1 Å². The number of anilines is 2. The number of aromatic carboxylic acids is 1. The van der Waals surface area contributed by atoms with Gasteiger partial charge in [-0.1, -0.05) is 45.0 Å². The second-order valence-corrected chi connectivity index (χ2v) is 9.88. The Morgan fingerprint density at radius 2 is 1.65 bits per heavy atom. The smallest absolute Gasteiger partial charge is 0.337 e. The molecule has 1 aliphatic heterocycles. The highest BCUT2D eigenvalue weighted by atomic mass is 16.4. The summed E-state index contributed by atoms with van der Waals surface area (Å²) < 4.78 is 0. The molecule has 0 spiro atoms. The van der Waals surface area contributed by atoms with Gasteiger partial charge in [0.15, 0.2) is 0 Å². The lowest BCUT2D eigenvalue weighted by Gasteiger charge is -2.33. The molecule has 0 radical (unpaired) electrons. The molecule has 2 heterocycles. The molecule has 1 aromatic heterocycles. The topological polar surface area (TPSA) is 82.5 Å².